The van der Waals surface area contributed by atoms with Crippen molar-refractivity contribution in [2.45, 2.75) is 0 Å². The molecule has 57 heavy (non-hydrogen) atoms. The lowest BCUT2D eigenvalue weighted by molar-refractivity contribution is 1.36. The summed E-state index contributed by atoms with van der Waals surface area (Å²) in [5.41, 5.74) is 11.9. The number of fused-ring (bicyclic) bond motifs is 18. The van der Waals surface area contributed by atoms with Gasteiger partial charge in [0.05, 0.1) is 16.6 Å². The van der Waals surface area contributed by atoms with Gasteiger partial charge in [0.25, 0.3) is 0 Å². The van der Waals surface area contributed by atoms with Gasteiger partial charge in [-0.05, 0) is 101 Å². The molecule has 0 N–H and O–H groups in total. The van der Waals surface area contributed by atoms with E-state index in [9.17, 15) is 0 Å². The van der Waals surface area contributed by atoms with Gasteiger partial charge in [0.2, 0.25) is 0 Å². The largest absolute Gasteiger partial charge is 0.308 e. The monoisotopic (exact) mass is 753 g/mol. The van der Waals surface area contributed by atoms with Crippen LogP contribution in [0.4, 0.5) is 0 Å². The van der Waals surface area contributed by atoms with Gasteiger partial charge >= 0.3 is 0 Å². The minimum Gasteiger partial charge on any atom is -0.308 e. The van der Waals surface area contributed by atoms with Crippen molar-refractivity contribution in [2.75, 3.05) is 0 Å². The second-order valence-corrected chi connectivity index (χ2v) is 20.6. The van der Waals surface area contributed by atoms with Crippen molar-refractivity contribution in [1.82, 2.24) is 4.40 Å². The summed E-state index contributed by atoms with van der Waals surface area (Å²) in [6.45, 7) is 0. The van der Waals surface area contributed by atoms with Gasteiger partial charge in [-0.3, -0.25) is 0 Å². The predicted molar refractivity (Wildman–Crippen MR) is 247 cm³/mol. The van der Waals surface area contributed by atoms with Crippen molar-refractivity contribution in [3.8, 4) is 33.4 Å². The quantitative estimate of drug-likeness (QED) is 0.147. The fourth-order valence-electron chi connectivity index (χ4n) is 11.2. The molecular weight excluding hydrogens is 723 g/mol. The number of hydrogen-bond acceptors (Lipinski definition) is 1. The van der Waals surface area contributed by atoms with E-state index >= 15 is 0 Å². The molecule has 3 aromatic heterocycles. The van der Waals surface area contributed by atoms with E-state index in [1.807, 2.05) is 11.3 Å². The van der Waals surface area contributed by atoms with E-state index in [-0.39, 0.29) is 0 Å². The maximum absolute atomic E-state index is 2.57. The third-order valence-electron chi connectivity index (χ3n) is 13.4. The Bertz CT molecular complexity index is 3690. The molecule has 0 saturated carbocycles. The van der Waals surface area contributed by atoms with Crippen LogP contribution in [0.5, 0.6) is 0 Å². The minimum absolute atomic E-state index is 1.22. The molecule has 3 heteroatoms. The molecule has 0 aliphatic carbocycles. The van der Waals surface area contributed by atoms with Crippen LogP contribution in [0.15, 0.2) is 188 Å². The summed E-state index contributed by atoms with van der Waals surface area (Å²) in [4.78, 5) is 0. The van der Waals surface area contributed by atoms with Crippen molar-refractivity contribution in [3.63, 3.8) is 0 Å². The van der Waals surface area contributed by atoms with Crippen LogP contribution in [0.25, 0.3) is 102 Å². The highest BCUT2D eigenvalue weighted by Crippen LogP contribution is 2.46. The first-order valence-electron chi connectivity index (χ1n) is 19.8. The van der Waals surface area contributed by atoms with Crippen LogP contribution >= 0.6 is 11.3 Å². The van der Waals surface area contributed by atoms with E-state index in [2.05, 4.69) is 192 Å². The van der Waals surface area contributed by atoms with Gasteiger partial charge in [0.1, 0.15) is 0 Å². The predicted octanol–water partition coefficient (Wildman–Crippen LogP) is 11.9. The van der Waals surface area contributed by atoms with E-state index < -0.39 is 8.07 Å². The molecule has 9 aromatic carbocycles. The lowest BCUT2D eigenvalue weighted by Gasteiger charge is -2.28. The molecule has 2 aliphatic heterocycles. The first-order chi connectivity index (χ1) is 28.3. The molecule has 1 spiro atoms. The molecule has 0 bridgehead atoms. The molecule has 0 radical (unpaired) electrons. The fourth-order valence-corrected chi connectivity index (χ4v) is 18.0. The second kappa shape index (κ2) is 10.7. The topological polar surface area (TPSA) is 4.41 Å². The van der Waals surface area contributed by atoms with Gasteiger partial charge in [0.15, 0.2) is 8.07 Å². The van der Waals surface area contributed by atoms with E-state index in [4.69, 9.17) is 0 Å². The van der Waals surface area contributed by atoms with Crippen LogP contribution in [0.2, 0.25) is 0 Å². The smallest absolute Gasteiger partial charge is 0.182 e. The van der Waals surface area contributed by atoms with Gasteiger partial charge in [-0.25, -0.2) is 0 Å². The lowest BCUT2D eigenvalue weighted by Crippen LogP contribution is -2.70. The third-order valence-corrected chi connectivity index (χ3v) is 19.4. The molecular formula is C54H31NSSi. The average Bonchev–Trinajstić information content (AvgIpc) is 4.00. The number of rotatable bonds is 1. The highest BCUT2D eigenvalue weighted by molar-refractivity contribution is 7.26. The molecule has 0 saturated heterocycles. The SMILES string of the molecule is c1ccc2c(c1)-c1ccccc1[Si]21c2ccccc2-c2ccc(-c3ccc4c(c3)c3ccc5sc6cccc7c8ccccc8c8ccccc8n4c3c5c67)cc21. The molecule has 14 rings (SSSR count). The Morgan fingerprint density at radius 1 is 0.333 bits per heavy atom. The Balaban J connectivity index is 1.10. The molecule has 12 aromatic rings. The van der Waals surface area contributed by atoms with E-state index in [1.165, 1.54) is 123 Å². The fraction of sp³-hybridized carbons (Fsp3) is 0. The molecule has 0 fully saturated rings. The Kier molecular flexibility index (Phi) is 5.74. The Morgan fingerprint density at radius 3 is 1.61 bits per heavy atom. The van der Waals surface area contributed by atoms with Crippen LogP contribution < -0.4 is 20.7 Å². The molecule has 5 heterocycles. The third kappa shape index (κ3) is 3.66. The lowest BCUT2D eigenvalue weighted by atomic mass is 9.98. The normalized spacial score (nSPS) is 13.8. The van der Waals surface area contributed by atoms with Gasteiger partial charge in [-0.2, -0.15) is 0 Å². The Hall–Kier alpha value is -6.78. The van der Waals surface area contributed by atoms with E-state index in [1.54, 1.807) is 0 Å². The number of nitrogens with zero attached hydrogens (tertiary/aromatic N) is 1. The van der Waals surface area contributed by atoms with Crippen molar-refractivity contribution in [2.24, 2.45) is 0 Å². The molecule has 0 atom stereocenters. The molecule has 1 nitrogen and oxygen atoms in total. The molecule has 0 amide bonds. The van der Waals surface area contributed by atoms with Crippen molar-refractivity contribution >= 4 is 109 Å². The second-order valence-electron chi connectivity index (χ2n) is 15.9. The van der Waals surface area contributed by atoms with E-state index in [0.29, 0.717) is 0 Å². The number of hydrogen-bond donors (Lipinski definition) is 0. The summed E-state index contributed by atoms with van der Waals surface area (Å²) in [6.07, 6.45) is 0. The first-order valence-corrected chi connectivity index (χ1v) is 22.7. The van der Waals surface area contributed by atoms with Crippen LogP contribution in [-0.4, -0.2) is 12.5 Å². The highest BCUT2D eigenvalue weighted by atomic mass is 32.1. The highest BCUT2D eigenvalue weighted by Gasteiger charge is 2.53. The van der Waals surface area contributed by atoms with E-state index in [0.717, 1.165) is 0 Å². The van der Waals surface area contributed by atoms with Crippen LogP contribution in [0.3, 0.4) is 0 Å². The zero-order valence-corrected chi connectivity index (χ0v) is 32.6. The zero-order chi connectivity index (χ0) is 37.0. The number of thiophene rings is 1. The summed E-state index contributed by atoms with van der Waals surface area (Å²) in [6, 6.07) is 71.9. The average molecular weight is 754 g/mol. The number of aromatic nitrogens is 1. The Morgan fingerprint density at radius 2 is 0.877 bits per heavy atom. The Labute approximate surface area is 333 Å². The number of benzene rings is 9. The standard InChI is InChI=1S/C54H31NSSi/c1-2-13-35-34(12-1)36-14-3-7-19-44(36)55-45-28-25-32(30-43(45)42-27-29-47-53(54(42)55)52-41(35)18-11-20-46(52)56-47)33-24-26-40-39-17-6-10-23-50(39)57(51(40)31-33)48-21-8-4-15-37(48)38-16-5-9-22-49(38)57/h1-31H. The van der Waals surface area contributed by atoms with Gasteiger partial charge < -0.3 is 4.40 Å². The molecule has 262 valence electrons. The van der Waals surface area contributed by atoms with Gasteiger partial charge in [0, 0.05) is 36.3 Å². The van der Waals surface area contributed by atoms with Gasteiger partial charge in [-0.15, -0.1) is 11.3 Å². The summed E-state index contributed by atoms with van der Waals surface area (Å²) < 4.78 is 5.24. The first kappa shape index (κ1) is 30.4. The molecule has 2 aliphatic rings. The van der Waals surface area contributed by atoms with Gasteiger partial charge in [-0.1, -0.05) is 158 Å². The van der Waals surface area contributed by atoms with Crippen LogP contribution in [0.1, 0.15) is 0 Å². The van der Waals surface area contributed by atoms with Crippen LogP contribution in [0, 0.1) is 0 Å². The maximum Gasteiger partial charge on any atom is 0.182 e. The maximum atomic E-state index is 2.57. The summed E-state index contributed by atoms with van der Waals surface area (Å²) in [7, 11) is -2.54. The van der Waals surface area contributed by atoms with Crippen LogP contribution in [-0.2, 0) is 0 Å². The van der Waals surface area contributed by atoms with Crippen molar-refractivity contribution < 1.29 is 0 Å². The number of para-hydroxylation sites is 1. The summed E-state index contributed by atoms with van der Waals surface area (Å²) in [5, 5.41) is 16.5. The molecule has 0 unspecified atom stereocenters. The van der Waals surface area contributed by atoms with Crippen molar-refractivity contribution in [3.05, 3.63) is 188 Å². The summed E-state index contributed by atoms with van der Waals surface area (Å²) >= 11 is 1.91. The zero-order valence-electron chi connectivity index (χ0n) is 30.8. The summed E-state index contributed by atoms with van der Waals surface area (Å²) in [5.74, 6) is 0. The minimum atomic E-state index is -2.54. The van der Waals surface area contributed by atoms with Crippen molar-refractivity contribution in [1.29, 1.82) is 0 Å².